The molecule has 3 heteroatoms. The number of nitrogens with zero attached hydrogens (tertiary/aromatic N) is 1. The first kappa shape index (κ1) is 16.9. The number of hydrogen-bond acceptors (Lipinski definition) is 2. The van der Waals surface area contributed by atoms with Gasteiger partial charge in [-0.25, -0.2) is 0 Å². The number of amides is 1. The lowest BCUT2D eigenvalue weighted by Gasteiger charge is -2.32. The highest BCUT2D eigenvalue weighted by molar-refractivity contribution is 5.94. The first-order chi connectivity index (χ1) is 11.1. The molecule has 2 atom stereocenters. The number of hydrogen-bond donors (Lipinski definition) is 0. The highest BCUT2D eigenvalue weighted by atomic mass is 16.2. The number of Topliss-reactive ketones (excluding diaryl/α,β-unsaturated/α-hetero) is 1. The van der Waals surface area contributed by atoms with E-state index in [4.69, 9.17) is 0 Å². The molecule has 0 aromatic heterocycles. The van der Waals surface area contributed by atoms with Gasteiger partial charge < -0.3 is 4.90 Å². The van der Waals surface area contributed by atoms with Crippen LogP contribution in [-0.4, -0.2) is 23.6 Å². The Balaban J connectivity index is 2.37. The molecule has 0 spiro atoms. The van der Waals surface area contributed by atoms with Crippen molar-refractivity contribution in [3.63, 3.8) is 0 Å². The van der Waals surface area contributed by atoms with Crippen LogP contribution in [-0.2, 0) is 4.79 Å². The van der Waals surface area contributed by atoms with Crippen LogP contribution in [0.4, 0.5) is 0 Å². The normalized spacial score (nSPS) is 13.2. The number of rotatable bonds is 6. The van der Waals surface area contributed by atoms with Crippen LogP contribution in [0.2, 0.25) is 0 Å². The summed E-state index contributed by atoms with van der Waals surface area (Å²) in [5.74, 6) is -0.165. The van der Waals surface area contributed by atoms with Gasteiger partial charge in [-0.1, -0.05) is 62.4 Å². The van der Waals surface area contributed by atoms with Crippen LogP contribution in [0.5, 0.6) is 0 Å². The van der Waals surface area contributed by atoms with Gasteiger partial charge in [0, 0.05) is 24.9 Å². The third-order valence-electron chi connectivity index (χ3n) is 4.23. The summed E-state index contributed by atoms with van der Waals surface area (Å²) in [5.41, 5.74) is 1.61. The lowest BCUT2D eigenvalue weighted by atomic mass is 9.88. The molecule has 0 unspecified atom stereocenters. The van der Waals surface area contributed by atoms with E-state index in [2.05, 4.69) is 0 Å². The van der Waals surface area contributed by atoms with Gasteiger partial charge in [-0.2, -0.15) is 0 Å². The van der Waals surface area contributed by atoms with Gasteiger partial charge in [0.15, 0.2) is 0 Å². The zero-order valence-corrected chi connectivity index (χ0v) is 13.9. The second-order valence-corrected chi connectivity index (χ2v) is 5.75. The summed E-state index contributed by atoms with van der Waals surface area (Å²) in [6.45, 7) is 3.76. The third kappa shape index (κ3) is 3.86. The molecule has 0 saturated heterocycles. The summed E-state index contributed by atoms with van der Waals surface area (Å²) in [4.78, 5) is 26.7. The average Bonchev–Trinajstić information content (AvgIpc) is 2.62. The van der Waals surface area contributed by atoms with Gasteiger partial charge in [-0.15, -0.1) is 0 Å². The van der Waals surface area contributed by atoms with Crippen molar-refractivity contribution in [2.24, 2.45) is 5.92 Å². The molecule has 2 aromatic carbocycles. The monoisotopic (exact) mass is 309 g/mol. The van der Waals surface area contributed by atoms with E-state index in [0.29, 0.717) is 12.0 Å². The van der Waals surface area contributed by atoms with Crippen LogP contribution in [0.25, 0.3) is 0 Å². The van der Waals surface area contributed by atoms with Crippen molar-refractivity contribution in [2.45, 2.75) is 26.3 Å². The van der Waals surface area contributed by atoms with E-state index < -0.39 is 0 Å². The van der Waals surface area contributed by atoms with Crippen LogP contribution in [0.1, 0.15) is 42.2 Å². The Hall–Kier alpha value is -2.42. The van der Waals surface area contributed by atoms with E-state index in [1.165, 1.54) is 0 Å². The molecule has 23 heavy (non-hydrogen) atoms. The zero-order valence-electron chi connectivity index (χ0n) is 13.9. The van der Waals surface area contributed by atoms with Crippen molar-refractivity contribution in [1.82, 2.24) is 4.90 Å². The number of carbonyl (C=O) groups excluding carboxylic acids is 2. The van der Waals surface area contributed by atoms with E-state index in [-0.39, 0.29) is 23.7 Å². The molecule has 0 heterocycles. The van der Waals surface area contributed by atoms with Crippen molar-refractivity contribution in [2.75, 3.05) is 7.05 Å². The van der Waals surface area contributed by atoms with E-state index >= 15 is 0 Å². The molecule has 0 radical (unpaired) electrons. The Morgan fingerprint density at radius 3 is 2.00 bits per heavy atom. The Kier molecular flexibility index (Phi) is 5.69. The largest absolute Gasteiger partial charge is 0.334 e. The van der Waals surface area contributed by atoms with Crippen molar-refractivity contribution < 1.29 is 9.59 Å². The number of ketones is 1. The first-order valence-electron chi connectivity index (χ1n) is 7.96. The Bertz CT molecular complexity index is 652. The van der Waals surface area contributed by atoms with Gasteiger partial charge in [-0.05, 0) is 17.7 Å². The summed E-state index contributed by atoms with van der Waals surface area (Å²) in [5, 5.41) is 0. The van der Waals surface area contributed by atoms with E-state index in [9.17, 15) is 9.59 Å². The van der Waals surface area contributed by atoms with Crippen LogP contribution >= 0.6 is 0 Å². The summed E-state index contributed by atoms with van der Waals surface area (Å²) < 4.78 is 0. The maximum atomic E-state index is 12.8. The summed E-state index contributed by atoms with van der Waals surface area (Å²) in [6.07, 6.45) is 0.470. The maximum Gasteiger partial charge on any atom is 0.254 e. The van der Waals surface area contributed by atoms with Gasteiger partial charge in [0.2, 0.25) is 0 Å². The molecule has 0 aliphatic carbocycles. The second kappa shape index (κ2) is 7.73. The van der Waals surface area contributed by atoms with Crippen LogP contribution in [0.15, 0.2) is 60.7 Å². The number of benzene rings is 2. The van der Waals surface area contributed by atoms with Gasteiger partial charge >= 0.3 is 0 Å². The van der Waals surface area contributed by atoms with Crippen LogP contribution in [0.3, 0.4) is 0 Å². The Morgan fingerprint density at radius 2 is 1.48 bits per heavy atom. The lowest BCUT2D eigenvalue weighted by molar-refractivity contribution is -0.123. The predicted octanol–water partition coefficient (Wildman–Crippen LogP) is 4.12. The fourth-order valence-electron chi connectivity index (χ4n) is 2.91. The molecule has 2 rings (SSSR count). The SMILES string of the molecule is CCC(=O)[C@@H](C)[C@@H](c1ccccc1)N(C)C(=O)c1ccccc1. The van der Waals surface area contributed by atoms with Crippen LogP contribution in [0, 0.1) is 5.92 Å². The topological polar surface area (TPSA) is 37.4 Å². The molecule has 0 aliphatic heterocycles. The minimum atomic E-state index is -0.267. The maximum absolute atomic E-state index is 12.8. The van der Waals surface area contributed by atoms with Gasteiger partial charge in [-0.3, -0.25) is 9.59 Å². The highest BCUT2D eigenvalue weighted by Gasteiger charge is 2.30. The molecule has 1 amide bonds. The third-order valence-corrected chi connectivity index (χ3v) is 4.23. The minimum absolute atomic E-state index is 0.0739. The molecule has 120 valence electrons. The van der Waals surface area contributed by atoms with Crippen molar-refractivity contribution in [1.29, 1.82) is 0 Å². The standard InChI is InChI=1S/C20H23NO2/c1-4-18(22)15(2)19(16-11-7-5-8-12-16)21(3)20(23)17-13-9-6-10-14-17/h5-15,19H,4H2,1-3H3/t15-,19+/m1/s1. The summed E-state index contributed by atoms with van der Waals surface area (Å²) >= 11 is 0. The van der Waals surface area contributed by atoms with Crippen molar-refractivity contribution in [3.8, 4) is 0 Å². The fourth-order valence-corrected chi connectivity index (χ4v) is 2.91. The first-order valence-corrected chi connectivity index (χ1v) is 7.96. The van der Waals surface area contributed by atoms with Gasteiger partial charge in [0.25, 0.3) is 5.91 Å². The van der Waals surface area contributed by atoms with E-state index in [1.54, 1.807) is 24.1 Å². The molecule has 0 N–H and O–H groups in total. The Morgan fingerprint density at radius 1 is 0.957 bits per heavy atom. The molecule has 0 aliphatic rings. The highest BCUT2D eigenvalue weighted by Crippen LogP contribution is 2.30. The molecule has 0 saturated carbocycles. The molecule has 0 fully saturated rings. The molecule has 3 nitrogen and oxygen atoms in total. The Labute approximate surface area is 137 Å². The second-order valence-electron chi connectivity index (χ2n) is 5.75. The smallest absolute Gasteiger partial charge is 0.254 e. The van der Waals surface area contributed by atoms with Crippen LogP contribution < -0.4 is 0 Å². The molecular formula is C20H23NO2. The predicted molar refractivity (Wildman–Crippen MR) is 92.2 cm³/mol. The van der Waals surface area contributed by atoms with E-state index in [0.717, 1.165) is 5.56 Å². The van der Waals surface area contributed by atoms with E-state index in [1.807, 2.05) is 62.4 Å². The average molecular weight is 309 g/mol. The van der Waals surface area contributed by atoms with Gasteiger partial charge in [0.1, 0.15) is 5.78 Å². The quantitative estimate of drug-likeness (QED) is 0.805. The molecular weight excluding hydrogens is 286 g/mol. The number of carbonyl (C=O) groups is 2. The fraction of sp³-hybridized carbons (Fsp3) is 0.300. The minimum Gasteiger partial charge on any atom is -0.334 e. The van der Waals surface area contributed by atoms with Crippen molar-refractivity contribution in [3.05, 3.63) is 71.8 Å². The summed E-state index contributed by atoms with van der Waals surface area (Å²) in [7, 11) is 1.77. The summed E-state index contributed by atoms with van der Waals surface area (Å²) in [6, 6.07) is 18.7. The molecule has 0 bridgehead atoms. The van der Waals surface area contributed by atoms with Crippen molar-refractivity contribution >= 4 is 11.7 Å². The lowest BCUT2D eigenvalue weighted by Crippen LogP contribution is -2.37. The zero-order chi connectivity index (χ0) is 16.8. The molecule has 2 aromatic rings. The van der Waals surface area contributed by atoms with Gasteiger partial charge in [0.05, 0.1) is 6.04 Å².